The molecule has 0 bridgehead atoms. The van der Waals surface area contributed by atoms with Crippen LogP contribution in [0.2, 0.25) is 5.02 Å². The van der Waals surface area contributed by atoms with E-state index in [0.717, 1.165) is 44.3 Å². The van der Waals surface area contributed by atoms with Crippen LogP contribution in [0.5, 0.6) is 0 Å². The Labute approximate surface area is 183 Å². The van der Waals surface area contributed by atoms with Gasteiger partial charge in [0.15, 0.2) is 0 Å². The highest BCUT2D eigenvalue weighted by Gasteiger charge is 2.15. The second-order valence-electron chi connectivity index (χ2n) is 7.34. The largest absolute Gasteiger partial charge is 0.467 e. The van der Waals surface area contributed by atoms with Crippen LogP contribution in [0, 0.1) is 0 Å². The number of carbonyl (C=O) groups excluding carboxylic acids is 1. The Kier molecular flexibility index (Phi) is 8.90. The Morgan fingerprint density at radius 3 is 2.17 bits per heavy atom. The monoisotopic (exact) mass is 428 g/mol. The molecule has 1 heterocycles. The third kappa shape index (κ3) is 7.26. The molecule has 3 rings (SSSR count). The fourth-order valence-electron chi connectivity index (χ4n) is 3.39. The number of piperazine rings is 1. The number of rotatable bonds is 9. The van der Waals surface area contributed by atoms with Crippen LogP contribution in [0.4, 0.5) is 0 Å². The topological polar surface area (TPSA) is 42.0 Å². The number of ether oxygens (including phenoxy) is 2. The quantitative estimate of drug-likeness (QED) is 0.344. The number of hydrogen-bond acceptors (Lipinski definition) is 5. The van der Waals surface area contributed by atoms with E-state index in [1.165, 1.54) is 23.8 Å². The average Bonchev–Trinajstić information content (AvgIpc) is 2.78. The van der Waals surface area contributed by atoms with Crippen molar-refractivity contribution < 1.29 is 14.3 Å². The summed E-state index contributed by atoms with van der Waals surface area (Å²) >= 11 is 5.97. The van der Waals surface area contributed by atoms with Crippen LogP contribution in [0.15, 0.2) is 60.7 Å². The van der Waals surface area contributed by atoms with Crippen LogP contribution in [0.3, 0.4) is 0 Å². The first-order valence-electron chi connectivity index (χ1n) is 10.2. The van der Waals surface area contributed by atoms with Crippen molar-refractivity contribution in [1.29, 1.82) is 0 Å². The number of halogens is 1. The van der Waals surface area contributed by atoms with Crippen molar-refractivity contribution in [2.24, 2.45) is 0 Å². The maximum absolute atomic E-state index is 11.0. The number of nitrogens with zero attached hydrogens (tertiary/aromatic N) is 2. The summed E-state index contributed by atoms with van der Waals surface area (Å²) in [6, 6.07) is 16.8. The molecule has 1 saturated heterocycles. The van der Waals surface area contributed by atoms with Gasteiger partial charge in [0.2, 0.25) is 0 Å². The molecule has 0 radical (unpaired) electrons. The summed E-state index contributed by atoms with van der Waals surface area (Å²) < 4.78 is 9.74. The molecule has 0 spiro atoms. The van der Waals surface area contributed by atoms with E-state index >= 15 is 0 Å². The maximum atomic E-state index is 11.0. The Bertz CT molecular complexity index is 813. The number of methoxy groups -OCH3 is 1. The molecule has 160 valence electrons. The van der Waals surface area contributed by atoms with E-state index in [1.807, 2.05) is 18.2 Å². The summed E-state index contributed by atoms with van der Waals surface area (Å²) in [5.41, 5.74) is 3.73. The second kappa shape index (κ2) is 11.9. The minimum absolute atomic E-state index is 0.000191. The molecule has 0 unspecified atom stereocenters. The van der Waals surface area contributed by atoms with Crippen molar-refractivity contribution in [1.82, 2.24) is 9.80 Å². The lowest BCUT2D eigenvalue weighted by molar-refractivity contribution is -0.145. The highest BCUT2D eigenvalue weighted by Crippen LogP contribution is 2.22. The minimum Gasteiger partial charge on any atom is -0.467 e. The molecule has 0 aliphatic carbocycles. The summed E-state index contributed by atoms with van der Waals surface area (Å²) in [6.07, 6.45) is 4.06. The molecule has 2 aromatic rings. The van der Waals surface area contributed by atoms with Crippen LogP contribution in [0.25, 0.3) is 11.1 Å². The van der Waals surface area contributed by atoms with E-state index in [0.29, 0.717) is 6.61 Å². The summed E-state index contributed by atoms with van der Waals surface area (Å²) in [5.74, 6) is -0.348. The van der Waals surface area contributed by atoms with Crippen LogP contribution >= 0.6 is 11.6 Å². The molecule has 0 aromatic heterocycles. The van der Waals surface area contributed by atoms with Gasteiger partial charge in [-0.1, -0.05) is 60.2 Å². The average molecular weight is 429 g/mol. The van der Waals surface area contributed by atoms with E-state index in [9.17, 15) is 4.79 Å². The van der Waals surface area contributed by atoms with Crippen LogP contribution in [-0.2, 0) is 20.8 Å². The van der Waals surface area contributed by atoms with Gasteiger partial charge in [-0.05, 0) is 28.8 Å². The van der Waals surface area contributed by atoms with Crippen LogP contribution in [0.1, 0.15) is 5.56 Å². The molecule has 0 N–H and O–H groups in total. The Balaban J connectivity index is 1.36. The van der Waals surface area contributed by atoms with Crippen molar-refractivity contribution in [3.63, 3.8) is 0 Å². The summed E-state index contributed by atoms with van der Waals surface area (Å²) in [6.45, 7) is 6.54. The first-order valence-corrected chi connectivity index (χ1v) is 10.6. The fourth-order valence-corrected chi connectivity index (χ4v) is 3.52. The van der Waals surface area contributed by atoms with Crippen molar-refractivity contribution in [2.75, 3.05) is 53.0 Å². The first-order chi connectivity index (χ1) is 14.6. The number of carbonyl (C=O) groups is 1. The standard InChI is InChI=1S/C24H29ClN2O3/c1-29-24(28)19-30-17-3-2-12-26-13-15-27(16-14-26)18-20-4-6-21(7-5-20)22-8-10-23(25)11-9-22/h2-11H,12-19H2,1H3/b3-2-. The molecule has 5 nitrogen and oxygen atoms in total. The SMILES string of the molecule is COC(=O)COC/C=C\CN1CCN(Cc2ccc(-c3ccc(Cl)cc3)cc2)CC1. The molecule has 2 aromatic carbocycles. The maximum Gasteiger partial charge on any atom is 0.331 e. The third-order valence-electron chi connectivity index (χ3n) is 5.19. The van der Waals surface area contributed by atoms with Crippen molar-refractivity contribution in [3.8, 4) is 11.1 Å². The van der Waals surface area contributed by atoms with Gasteiger partial charge in [-0.2, -0.15) is 0 Å². The zero-order valence-electron chi connectivity index (χ0n) is 17.4. The van der Waals surface area contributed by atoms with E-state index in [-0.39, 0.29) is 12.6 Å². The predicted molar refractivity (Wildman–Crippen MR) is 121 cm³/mol. The lowest BCUT2D eigenvalue weighted by Gasteiger charge is -2.34. The summed E-state index contributed by atoms with van der Waals surface area (Å²) in [5, 5.41) is 0.761. The Morgan fingerprint density at radius 2 is 1.53 bits per heavy atom. The molecule has 30 heavy (non-hydrogen) atoms. The van der Waals surface area contributed by atoms with Gasteiger partial charge in [0, 0.05) is 44.3 Å². The molecule has 0 amide bonds. The van der Waals surface area contributed by atoms with E-state index in [2.05, 4.69) is 57.0 Å². The van der Waals surface area contributed by atoms with Gasteiger partial charge in [0.25, 0.3) is 0 Å². The Morgan fingerprint density at radius 1 is 0.933 bits per heavy atom. The molecular formula is C24H29ClN2O3. The zero-order valence-corrected chi connectivity index (χ0v) is 18.2. The molecule has 6 heteroatoms. The zero-order chi connectivity index (χ0) is 21.2. The molecule has 1 fully saturated rings. The van der Waals surface area contributed by atoms with Crippen molar-refractivity contribution >= 4 is 17.6 Å². The molecule has 1 aliphatic heterocycles. The second-order valence-corrected chi connectivity index (χ2v) is 7.78. The summed E-state index contributed by atoms with van der Waals surface area (Å²) in [4.78, 5) is 15.9. The molecule has 0 saturated carbocycles. The van der Waals surface area contributed by atoms with E-state index in [4.69, 9.17) is 16.3 Å². The van der Waals surface area contributed by atoms with Crippen LogP contribution in [-0.4, -0.2) is 68.8 Å². The third-order valence-corrected chi connectivity index (χ3v) is 5.45. The number of benzene rings is 2. The van der Waals surface area contributed by atoms with Gasteiger partial charge in [-0.15, -0.1) is 0 Å². The highest BCUT2D eigenvalue weighted by molar-refractivity contribution is 6.30. The van der Waals surface area contributed by atoms with Crippen molar-refractivity contribution in [3.05, 3.63) is 71.3 Å². The van der Waals surface area contributed by atoms with Gasteiger partial charge in [-0.25, -0.2) is 4.79 Å². The van der Waals surface area contributed by atoms with Gasteiger partial charge < -0.3 is 9.47 Å². The lowest BCUT2D eigenvalue weighted by Crippen LogP contribution is -2.45. The first kappa shape index (κ1) is 22.5. The van der Waals surface area contributed by atoms with Gasteiger partial charge in [0.05, 0.1) is 13.7 Å². The minimum atomic E-state index is -0.348. The fraction of sp³-hybridized carbons (Fsp3) is 0.375. The highest BCUT2D eigenvalue weighted by atomic mass is 35.5. The van der Waals surface area contributed by atoms with Crippen LogP contribution < -0.4 is 0 Å². The predicted octanol–water partition coefficient (Wildman–Crippen LogP) is 3.87. The molecule has 0 atom stereocenters. The van der Waals surface area contributed by atoms with Gasteiger partial charge in [-0.3, -0.25) is 9.80 Å². The molecular weight excluding hydrogens is 400 g/mol. The molecule has 1 aliphatic rings. The van der Waals surface area contributed by atoms with Gasteiger partial charge >= 0.3 is 5.97 Å². The smallest absolute Gasteiger partial charge is 0.331 e. The van der Waals surface area contributed by atoms with E-state index in [1.54, 1.807) is 0 Å². The Hall–Kier alpha value is -2.18. The van der Waals surface area contributed by atoms with Gasteiger partial charge in [0.1, 0.15) is 6.61 Å². The number of esters is 1. The number of hydrogen-bond donors (Lipinski definition) is 0. The van der Waals surface area contributed by atoms with E-state index < -0.39 is 0 Å². The summed E-state index contributed by atoms with van der Waals surface area (Å²) in [7, 11) is 1.36. The lowest BCUT2D eigenvalue weighted by atomic mass is 10.0. The van der Waals surface area contributed by atoms with Crippen molar-refractivity contribution in [2.45, 2.75) is 6.54 Å². The normalized spacial score (nSPS) is 15.5.